The van der Waals surface area contributed by atoms with Crippen LogP contribution >= 0.6 is 34.5 Å². The molecule has 1 saturated heterocycles. The Kier molecular flexibility index (Phi) is 8.84. The molecule has 2 aromatic carbocycles. The largest absolute Gasteiger partial charge is 0.376 e. The number of carbonyl (C=O) groups excluding carboxylic acids is 2. The fourth-order valence-corrected chi connectivity index (χ4v) is 5.33. The van der Waals surface area contributed by atoms with Gasteiger partial charge in [0, 0.05) is 35.0 Å². The van der Waals surface area contributed by atoms with Crippen molar-refractivity contribution in [3.63, 3.8) is 0 Å². The van der Waals surface area contributed by atoms with E-state index < -0.39 is 0 Å². The molecule has 5 nitrogen and oxygen atoms in total. The van der Waals surface area contributed by atoms with Crippen LogP contribution in [0.5, 0.6) is 0 Å². The maximum Gasteiger partial charge on any atom is 0.254 e. The summed E-state index contributed by atoms with van der Waals surface area (Å²) in [6, 6.07) is 18.8. The number of halogens is 2. The van der Waals surface area contributed by atoms with E-state index in [4.69, 9.17) is 27.9 Å². The molecule has 2 amide bonds. The quantitative estimate of drug-likeness (QED) is 0.330. The Morgan fingerprint density at radius 2 is 1.80 bits per heavy atom. The molecule has 0 saturated carbocycles. The maximum absolute atomic E-state index is 13.6. The lowest BCUT2D eigenvalue weighted by molar-refractivity contribution is -0.133. The van der Waals surface area contributed by atoms with Crippen molar-refractivity contribution < 1.29 is 14.3 Å². The van der Waals surface area contributed by atoms with Crippen molar-refractivity contribution in [2.24, 2.45) is 0 Å². The molecule has 35 heavy (non-hydrogen) atoms. The highest BCUT2D eigenvalue weighted by molar-refractivity contribution is 7.11. The maximum atomic E-state index is 13.6. The zero-order valence-electron chi connectivity index (χ0n) is 19.6. The molecule has 8 heteroatoms. The third-order valence-corrected chi connectivity index (χ3v) is 7.66. The van der Waals surface area contributed by atoms with Crippen LogP contribution in [0.3, 0.4) is 0 Å². The van der Waals surface area contributed by atoms with Crippen LogP contribution in [0.2, 0.25) is 10.0 Å². The molecule has 184 valence electrons. The Bertz CT molecular complexity index is 1160. The fourth-order valence-electron chi connectivity index (χ4n) is 4.12. The predicted octanol–water partition coefficient (Wildman–Crippen LogP) is 6.21. The summed E-state index contributed by atoms with van der Waals surface area (Å²) in [7, 11) is 0. The third kappa shape index (κ3) is 7.07. The van der Waals surface area contributed by atoms with Crippen LogP contribution in [0.1, 0.15) is 38.5 Å². The second-order valence-electron chi connectivity index (χ2n) is 8.70. The van der Waals surface area contributed by atoms with Crippen LogP contribution < -0.4 is 0 Å². The predicted molar refractivity (Wildman–Crippen MR) is 141 cm³/mol. The van der Waals surface area contributed by atoms with Gasteiger partial charge in [0.15, 0.2) is 0 Å². The van der Waals surface area contributed by atoms with Crippen molar-refractivity contribution in [1.82, 2.24) is 9.80 Å². The molecular formula is C27H28Cl2N2O3S. The summed E-state index contributed by atoms with van der Waals surface area (Å²) >= 11 is 13.9. The zero-order chi connectivity index (χ0) is 24.8. The standard InChI is InChI=1S/C27H28Cl2N2O3S/c1-19-9-11-23(35-19)17-30(15-20-6-3-2-4-7-20)26(32)18-31(16-22-8-5-13-34-22)27(33)21-10-12-24(28)25(29)14-21/h2-4,6-7,9-12,14,22H,5,8,13,15-18H2,1H3. The van der Waals surface area contributed by atoms with E-state index in [2.05, 4.69) is 19.1 Å². The van der Waals surface area contributed by atoms with Gasteiger partial charge in [-0.3, -0.25) is 9.59 Å². The molecule has 1 fully saturated rings. The van der Waals surface area contributed by atoms with Crippen molar-refractivity contribution >= 4 is 46.4 Å². The van der Waals surface area contributed by atoms with Crippen molar-refractivity contribution in [3.05, 3.63) is 91.6 Å². The van der Waals surface area contributed by atoms with E-state index in [0.717, 1.165) is 23.3 Å². The summed E-state index contributed by atoms with van der Waals surface area (Å²) in [5.41, 5.74) is 1.43. The van der Waals surface area contributed by atoms with Crippen LogP contribution in [0, 0.1) is 6.92 Å². The fraction of sp³-hybridized carbons (Fsp3) is 0.333. The van der Waals surface area contributed by atoms with E-state index in [-0.39, 0.29) is 24.5 Å². The number of nitrogens with zero attached hydrogens (tertiary/aromatic N) is 2. The van der Waals surface area contributed by atoms with Gasteiger partial charge in [-0.1, -0.05) is 53.5 Å². The van der Waals surface area contributed by atoms with Gasteiger partial charge in [0.1, 0.15) is 6.54 Å². The summed E-state index contributed by atoms with van der Waals surface area (Å²) < 4.78 is 5.78. The van der Waals surface area contributed by atoms with Gasteiger partial charge in [0.25, 0.3) is 5.91 Å². The smallest absolute Gasteiger partial charge is 0.254 e. The molecule has 0 N–H and O–H groups in total. The lowest BCUT2D eigenvalue weighted by Crippen LogP contribution is -2.45. The Hall–Kier alpha value is -2.38. The van der Waals surface area contributed by atoms with Gasteiger partial charge in [-0.05, 0) is 55.7 Å². The van der Waals surface area contributed by atoms with Gasteiger partial charge < -0.3 is 14.5 Å². The molecule has 4 rings (SSSR count). The first-order valence-electron chi connectivity index (χ1n) is 11.6. The molecule has 0 aliphatic carbocycles. The molecule has 0 bridgehead atoms. The minimum Gasteiger partial charge on any atom is -0.376 e. The van der Waals surface area contributed by atoms with Gasteiger partial charge in [-0.2, -0.15) is 0 Å². The summed E-state index contributed by atoms with van der Waals surface area (Å²) in [4.78, 5) is 32.8. The van der Waals surface area contributed by atoms with Crippen LogP contribution in [-0.4, -0.2) is 47.4 Å². The lowest BCUT2D eigenvalue weighted by atomic mass is 10.1. The Morgan fingerprint density at radius 3 is 2.46 bits per heavy atom. The van der Waals surface area contributed by atoms with Gasteiger partial charge in [-0.15, -0.1) is 11.3 Å². The van der Waals surface area contributed by atoms with Crippen molar-refractivity contribution in [2.75, 3.05) is 19.7 Å². The number of carbonyl (C=O) groups is 2. The number of hydrogen-bond acceptors (Lipinski definition) is 4. The van der Waals surface area contributed by atoms with Crippen LogP contribution in [0.25, 0.3) is 0 Å². The van der Waals surface area contributed by atoms with E-state index in [1.54, 1.807) is 34.4 Å². The summed E-state index contributed by atoms with van der Waals surface area (Å²) in [6.07, 6.45) is 1.73. The van der Waals surface area contributed by atoms with E-state index in [0.29, 0.717) is 41.8 Å². The van der Waals surface area contributed by atoms with E-state index >= 15 is 0 Å². The molecular weight excluding hydrogens is 503 g/mol. The number of amides is 2. The van der Waals surface area contributed by atoms with Crippen LogP contribution in [-0.2, 0) is 22.6 Å². The molecule has 1 aromatic heterocycles. The normalized spacial score (nSPS) is 15.2. The van der Waals surface area contributed by atoms with Crippen molar-refractivity contribution in [1.29, 1.82) is 0 Å². The highest BCUT2D eigenvalue weighted by Gasteiger charge is 2.27. The minimum absolute atomic E-state index is 0.0455. The molecule has 1 aliphatic rings. The van der Waals surface area contributed by atoms with Gasteiger partial charge in [0.2, 0.25) is 5.91 Å². The SMILES string of the molecule is Cc1ccc(CN(Cc2ccccc2)C(=O)CN(CC2CCCO2)C(=O)c2ccc(Cl)c(Cl)c2)s1. The number of ether oxygens (including phenoxy) is 1. The number of rotatable bonds is 9. The summed E-state index contributed by atoms with van der Waals surface area (Å²) in [5.74, 6) is -0.384. The Balaban J connectivity index is 1.56. The topological polar surface area (TPSA) is 49.9 Å². The van der Waals surface area contributed by atoms with Gasteiger partial charge in [0.05, 0.1) is 22.7 Å². The van der Waals surface area contributed by atoms with E-state index in [9.17, 15) is 9.59 Å². The molecule has 1 aliphatic heterocycles. The number of hydrogen-bond donors (Lipinski definition) is 0. The monoisotopic (exact) mass is 530 g/mol. The summed E-state index contributed by atoms with van der Waals surface area (Å²) in [6.45, 7) is 3.98. The number of benzene rings is 2. The van der Waals surface area contributed by atoms with E-state index in [1.165, 1.54) is 4.88 Å². The van der Waals surface area contributed by atoms with Crippen molar-refractivity contribution in [2.45, 2.75) is 39.0 Å². The molecule has 1 unspecified atom stereocenters. The Morgan fingerprint density at radius 1 is 1.00 bits per heavy atom. The molecule has 1 atom stereocenters. The average Bonchev–Trinajstić information content (AvgIpc) is 3.51. The van der Waals surface area contributed by atoms with Gasteiger partial charge in [-0.25, -0.2) is 0 Å². The second kappa shape index (κ2) is 12.0. The number of aryl methyl sites for hydroxylation is 1. The van der Waals surface area contributed by atoms with E-state index in [1.807, 2.05) is 35.2 Å². The lowest BCUT2D eigenvalue weighted by Gasteiger charge is -2.29. The molecule has 3 aromatic rings. The molecule has 0 spiro atoms. The highest BCUT2D eigenvalue weighted by Crippen LogP contribution is 2.24. The first-order valence-corrected chi connectivity index (χ1v) is 13.2. The minimum atomic E-state index is -0.265. The van der Waals surface area contributed by atoms with Crippen LogP contribution in [0.15, 0.2) is 60.7 Å². The number of thiophene rings is 1. The average molecular weight is 532 g/mol. The molecule has 2 heterocycles. The van der Waals surface area contributed by atoms with Gasteiger partial charge >= 0.3 is 0 Å². The Labute approximate surface area is 220 Å². The summed E-state index contributed by atoms with van der Waals surface area (Å²) in [5, 5.41) is 0.685. The van der Waals surface area contributed by atoms with Crippen LogP contribution in [0.4, 0.5) is 0 Å². The van der Waals surface area contributed by atoms with Crippen molar-refractivity contribution in [3.8, 4) is 0 Å². The first kappa shape index (κ1) is 25.7. The third-order valence-electron chi connectivity index (χ3n) is 5.94. The second-order valence-corrected chi connectivity index (χ2v) is 10.9. The molecule has 0 radical (unpaired) electrons. The first-order chi connectivity index (χ1) is 16.9. The zero-order valence-corrected chi connectivity index (χ0v) is 21.9. The highest BCUT2D eigenvalue weighted by atomic mass is 35.5.